The summed E-state index contributed by atoms with van der Waals surface area (Å²) in [6, 6.07) is 12.2. The normalized spacial score (nSPS) is 11.4. The van der Waals surface area contributed by atoms with E-state index in [1.165, 1.54) is 36.4 Å². The number of benzene rings is 2. The fourth-order valence-electron chi connectivity index (χ4n) is 2.57. The van der Waals surface area contributed by atoms with Gasteiger partial charge in [-0.3, -0.25) is 4.79 Å². The van der Waals surface area contributed by atoms with Gasteiger partial charge >= 0.3 is 0 Å². The number of carbonyl (C=O) groups excluding carboxylic acids is 1. The number of rotatable bonds is 9. The summed E-state index contributed by atoms with van der Waals surface area (Å²) in [5, 5.41) is 6.45. The lowest BCUT2D eigenvalue weighted by molar-refractivity contribution is -0.121. The van der Waals surface area contributed by atoms with Gasteiger partial charge in [0.25, 0.3) is 0 Å². The second kappa shape index (κ2) is 9.59. The molecule has 3 aromatic rings. The highest BCUT2D eigenvalue weighted by molar-refractivity contribution is 7.89. The van der Waals surface area contributed by atoms with Gasteiger partial charge in [-0.2, -0.15) is 4.98 Å². The first-order chi connectivity index (χ1) is 14.3. The maximum Gasteiger partial charge on any atom is 0.240 e. The molecule has 0 saturated heterocycles. The summed E-state index contributed by atoms with van der Waals surface area (Å²) in [7, 11) is -3.61. The highest BCUT2D eigenvalue weighted by Gasteiger charge is 2.14. The van der Waals surface area contributed by atoms with Crippen molar-refractivity contribution >= 4 is 15.9 Å². The predicted molar refractivity (Wildman–Crippen MR) is 107 cm³/mol. The molecule has 8 nitrogen and oxygen atoms in total. The molecule has 0 aliphatic carbocycles. The van der Waals surface area contributed by atoms with Crippen LogP contribution in [0.1, 0.15) is 17.9 Å². The maximum atomic E-state index is 13.0. The van der Waals surface area contributed by atoms with Crippen LogP contribution in [0.15, 0.2) is 57.9 Å². The van der Waals surface area contributed by atoms with Gasteiger partial charge < -0.3 is 9.84 Å². The molecule has 3 rings (SSSR count). The van der Waals surface area contributed by atoms with Gasteiger partial charge in [-0.1, -0.05) is 22.9 Å². The molecule has 0 spiro atoms. The molecular weight excluding hydrogens is 411 g/mol. The molecule has 30 heavy (non-hydrogen) atoms. The highest BCUT2D eigenvalue weighted by Crippen LogP contribution is 2.16. The molecule has 0 atom stereocenters. The van der Waals surface area contributed by atoms with Crippen LogP contribution in [-0.2, 0) is 21.2 Å². The van der Waals surface area contributed by atoms with E-state index in [0.717, 1.165) is 5.56 Å². The Balaban J connectivity index is 1.40. The van der Waals surface area contributed by atoms with Gasteiger partial charge in [0.2, 0.25) is 27.6 Å². The SMILES string of the molecule is Cc1ccc(S(=O)(=O)NCCNC(=O)CCc2nc(-c3ccc(F)cc3)no2)cc1. The highest BCUT2D eigenvalue weighted by atomic mass is 32.2. The van der Waals surface area contributed by atoms with Crippen LogP contribution in [0.5, 0.6) is 0 Å². The summed E-state index contributed by atoms with van der Waals surface area (Å²) in [6.45, 7) is 2.09. The van der Waals surface area contributed by atoms with Crippen LogP contribution in [0.2, 0.25) is 0 Å². The number of amides is 1. The van der Waals surface area contributed by atoms with Gasteiger partial charge in [-0.25, -0.2) is 17.5 Å². The summed E-state index contributed by atoms with van der Waals surface area (Å²) in [5.41, 5.74) is 1.57. The molecule has 0 unspecified atom stereocenters. The average molecular weight is 432 g/mol. The molecule has 0 radical (unpaired) electrons. The number of sulfonamides is 1. The molecule has 0 aliphatic rings. The van der Waals surface area contributed by atoms with Crippen molar-refractivity contribution in [3.63, 3.8) is 0 Å². The fraction of sp³-hybridized carbons (Fsp3) is 0.250. The minimum absolute atomic E-state index is 0.0667. The standard InChI is InChI=1S/C20H21FN4O4S/c1-14-2-8-17(9-3-14)30(27,28)23-13-12-22-18(26)10-11-19-24-20(25-29-19)15-4-6-16(21)7-5-15/h2-9,23H,10-13H2,1H3,(H,22,26). The molecule has 2 aromatic carbocycles. The Morgan fingerprint density at radius 3 is 2.47 bits per heavy atom. The first-order valence-corrected chi connectivity index (χ1v) is 10.7. The largest absolute Gasteiger partial charge is 0.355 e. The fourth-order valence-corrected chi connectivity index (χ4v) is 3.60. The van der Waals surface area contributed by atoms with Crippen molar-refractivity contribution < 1.29 is 22.1 Å². The first kappa shape index (κ1) is 21.6. The number of hydrogen-bond acceptors (Lipinski definition) is 6. The molecular formula is C20H21FN4O4S. The summed E-state index contributed by atoms with van der Waals surface area (Å²) in [4.78, 5) is 16.3. The van der Waals surface area contributed by atoms with E-state index in [1.807, 2.05) is 6.92 Å². The van der Waals surface area contributed by atoms with E-state index in [2.05, 4.69) is 20.2 Å². The quantitative estimate of drug-likeness (QED) is 0.501. The first-order valence-electron chi connectivity index (χ1n) is 9.25. The lowest BCUT2D eigenvalue weighted by Gasteiger charge is -2.08. The second-order valence-electron chi connectivity index (χ2n) is 6.58. The monoisotopic (exact) mass is 432 g/mol. The number of hydrogen-bond donors (Lipinski definition) is 2. The van der Waals surface area contributed by atoms with Crippen LogP contribution in [0.3, 0.4) is 0 Å². The zero-order valence-corrected chi connectivity index (χ0v) is 17.1. The van der Waals surface area contributed by atoms with Crippen molar-refractivity contribution in [2.45, 2.75) is 24.7 Å². The van der Waals surface area contributed by atoms with E-state index in [9.17, 15) is 17.6 Å². The Kier molecular flexibility index (Phi) is 6.91. The third-order valence-electron chi connectivity index (χ3n) is 4.21. The van der Waals surface area contributed by atoms with E-state index >= 15 is 0 Å². The smallest absolute Gasteiger partial charge is 0.240 e. The van der Waals surface area contributed by atoms with Crippen LogP contribution in [0.4, 0.5) is 4.39 Å². The number of aryl methyl sites for hydroxylation is 2. The van der Waals surface area contributed by atoms with Crippen LogP contribution in [0, 0.1) is 12.7 Å². The molecule has 2 N–H and O–H groups in total. The average Bonchev–Trinajstić information content (AvgIpc) is 3.20. The van der Waals surface area contributed by atoms with Gasteiger partial charge in [-0.15, -0.1) is 0 Å². The third kappa shape index (κ3) is 5.94. The van der Waals surface area contributed by atoms with Crippen molar-refractivity contribution in [3.05, 3.63) is 65.8 Å². The van der Waals surface area contributed by atoms with Crippen molar-refractivity contribution in [2.75, 3.05) is 13.1 Å². The van der Waals surface area contributed by atoms with E-state index < -0.39 is 10.0 Å². The summed E-state index contributed by atoms with van der Waals surface area (Å²) in [5.74, 6) is -0.0353. The number of carbonyl (C=O) groups is 1. The topological polar surface area (TPSA) is 114 Å². The summed E-state index contributed by atoms with van der Waals surface area (Å²) >= 11 is 0. The van der Waals surface area contributed by atoms with Crippen LogP contribution in [-0.4, -0.2) is 37.6 Å². The van der Waals surface area contributed by atoms with E-state index in [-0.39, 0.29) is 48.4 Å². The molecule has 0 saturated carbocycles. The number of aromatic nitrogens is 2. The molecule has 158 valence electrons. The molecule has 1 heterocycles. The molecule has 1 aromatic heterocycles. The van der Waals surface area contributed by atoms with Crippen LogP contribution in [0.25, 0.3) is 11.4 Å². The molecule has 0 bridgehead atoms. The van der Waals surface area contributed by atoms with Crippen LogP contribution < -0.4 is 10.0 Å². The molecule has 10 heteroatoms. The minimum atomic E-state index is -3.61. The van der Waals surface area contributed by atoms with Gasteiger partial charge in [0.05, 0.1) is 4.90 Å². The Morgan fingerprint density at radius 2 is 1.77 bits per heavy atom. The second-order valence-corrected chi connectivity index (χ2v) is 8.35. The lowest BCUT2D eigenvalue weighted by atomic mass is 10.2. The van der Waals surface area contributed by atoms with Gasteiger partial charge in [0.1, 0.15) is 5.82 Å². The van der Waals surface area contributed by atoms with Crippen molar-refractivity contribution in [1.29, 1.82) is 0 Å². The van der Waals surface area contributed by atoms with Crippen LogP contribution >= 0.6 is 0 Å². The zero-order valence-electron chi connectivity index (χ0n) is 16.3. The maximum absolute atomic E-state index is 13.0. The zero-order chi connectivity index (χ0) is 21.6. The van der Waals surface area contributed by atoms with Crippen molar-refractivity contribution in [3.8, 4) is 11.4 Å². The number of nitrogens with zero attached hydrogens (tertiary/aromatic N) is 2. The Hall–Kier alpha value is -3.11. The molecule has 0 aliphatic heterocycles. The number of nitrogens with one attached hydrogen (secondary N) is 2. The Labute approximate surface area is 173 Å². The van der Waals surface area contributed by atoms with E-state index in [4.69, 9.17) is 4.52 Å². The summed E-state index contributed by atoms with van der Waals surface area (Å²) < 4.78 is 44.8. The minimum Gasteiger partial charge on any atom is -0.355 e. The van der Waals surface area contributed by atoms with Gasteiger partial charge in [0, 0.05) is 31.5 Å². The Morgan fingerprint density at radius 1 is 1.07 bits per heavy atom. The van der Waals surface area contributed by atoms with Gasteiger partial charge in [-0.05, 0) is 43.3 Å². The molecule has 1 amide bonds. The van der Waals surface area contributed by atoms with Crippen molar-refractivity contribution in [2.24, 2.45) is 0 Å². The van der Waals surface area contributed by atoms with E-state index in [0.29, 0.717) is 11.4 Å². The van der Waals surface area contributed by atoms with Crippen molar-refractivity contribution in [1.82, 2.24) is 20.2 Å². The lowest BCUT2D eigenvalue weighted by Crippen LogP contribution is -2.34. The third-order valence-corrected chi connectivity index (χ3v) is 5.68. The molecule has 0 fully saturated rings. The predicted octanol–water partition coefficient (Wildman–Crippen LogP) is 2.21. The van der Waals surface area contributed by atoms with E-state index in [1.54, 1.807) is 12.1 Å². The Bertz CT molecular complexity index is 1100. The summed E-state index contributed by atoms with van der Waals surface area (Å²) in [6.07, 6.45) is 0.338. The number of halogens is 1. The van der Waals surface area contributed by atoms with Gasteiger partial charge in [0.15, 0.2) is 0 Å².